The van der Waals surface area contributed by atoms with Gasteiger partial charge in [0.1, 0.15) is 5.82 Å². The average molecular weight is 281 g/mol. The van der Waals surface area contributed by atoms with Crippen LogP contribution in [0, 0.1) is 12.8 Å². The van der Waals surface area contributed by atoms with Gasteiger partial charge in [-0.2, -0.15) is 0 Å². The summed E-state index contributed by atoms with van der Waals surface area (Å²) in [4.78, 5) is 16.4. The molecular formula is C17H19N3O. The minimum atomic E-state index is -0.139. The fourth-order valence-corrected chi connectivity index (χ4v) is 2.04. The summed E-state index contributed by atoms with van der Waals surface area (Å²) in [5.74, 6) is 1.49. The van der Waals surface area contributed by atoms with Crippen molar-refractivity contribution in [2.24, 2.45) is 5.92 Å². The number of nitrogens with one attached hydrogen (secondary N) is 2. The van der Waals surface area contributed by atoms with Crippen LogP contribution in [0.25, 0.3) is 0 Å². The summed E-state index contributed by atoms with van der Waals surface area (Å²) < 4.78 is 0. The van der Waals surface area contributed by atoms with E-state index in [1.54, 1.807) is 12.3 Å². The van der Waals surface area contributed by atoms with Gasteiger partial charge in [0.15, 0.2) is 0 Å². The number of carbonyl (C=O) groups is 1. The van der Waals surface area contributed by atoms with Gasteiger partial charge in [-0.25, -0.2) is 4.98 Å². The van der Waals surface area contributed by atoms with Crippen molar-refractivity contribution >= 4 is 17.4 Å². The fraction of sp³-hybridized carbons (Fsp3) is 0.294. The molecule has 2 aromatic rings. The summed E-state index contributed by atoms with van der Waals surface area (Å²) >= 11 is 0. The Hall–Kier alpha value is -2.36. The van der Waals surface area contributed by atoms with Gasteiger partial charge in [0.25, 0.3) is 5.91 Å². The maximum absolute atomic E-state index is 12.1. The SMILES string of the molecule is Cc1ccc(NC(=O)c2ccc(NCC3CC3)nc2)cc1. The van der Waals surface area contributed by atoms with Gasteiger partial charge in [0.05, 0.1) is 5.56 Å². The van der Waals surface area contributed by atoms with Gasteiger partial charge in [0, 0.05) is 18.4 Å². The van der Waals surface area contributed by atoms with Crippen molar-refractivity contribution in [2.75, 3.05) is 17.2 Å². The standard InChI is InChI=1S/C17H19N3O/c1-12-2-7-15(8-3-12)20-17(21)14-6-9-16(19-11-14)18-10-13-4-5-13/h2-3,6-9,11,13H,4-5,10H2,1H3,(H,18,19)(H,20,21). The zero-order valence-corrected chi connectivity index (χ0v) is 12.1. The predicted molar refractivity (Wildman–Crippen MR) is 84.6 cm³/mol. The van der Waals surface area contributed by atoms with Crippen molar-refractivity contribution in [1.82, 2.24) is 4.98 Å². The van der Waals surface area contributed by atoms with Gasteiger partial charge in [-0.05, 0) is 49.9 Å². The smallest absolute Gasteiger partial charge is 0.257 e. The molecule has 108 valence electrons. The first-order valence-electron chi connectivity index (χ1n) is 7.28. The number of rotatable bonds is 5. The lowest BCUT2D eigenvalue weighted by molar-refractivity contribution is 0.102. The van der Waals surface area contributed by atoms with E-state index in [0.717, 1.165) is 24.0 Å². The van der Waals surface area contributed by atoms with Gasteiger partial charge in [-0.1, -0.05) is 17.7 Å². The molecule has 1 amide bonds. The van der Waals surface area contributed by atoms with Crippen LogP contribution in [0.1, 0.15) is 28.8 Å². The number of aryl methyl sites for hydroxylation is 1. The van der Waals surface area contributed by atoms with Crippen LogP contribution in [0.4, 0.5) is 11.5 Å². The number of hydrogen-bond acceptors (Lipinski definition) is 3. The maximum Gasteiger partial charge on any atom is 0.257 e. The van der Waals surface area contributed by atoms with Crippen LogP contribution in [0.5, 0.6) is 0 Å². The number of anilines is 2. The normalized spacial score (nSPS) is 13.8. The molecule has 0 radical (unpaired) electrons. The van der Waals surface area contributed by atoms with Gasteiger partial charge >= 0.3 is 0 Å². The van der Waals surface area contributed by atoms with E-state index in [-0.39, 0.29) is 5.91 Å². The highest BCUT2D eigenvalue weighted by atomic mass is 16.1. The Morgan fingerprint density at radius 2 is 1.95 bits per heavy atom. The second-order valence-electron chi connectivity index (χ2n) is 5.58. The van der Waals surface area contributed by atoms with Crippen molar-refractivity contribution in [3.63, 3.8) is 0 Å². The van der Waals surface area contributed by atoms with E-state index in [1.807, 2.05) is 37.3 Å². The summed E-state index contributed by atoms with van der Waals surface area (Å²) in [6, 6.07) is 11.4. The molecule has 3 rings (SSSR count). The lowest BCUT2D eigenvalue weighted by atomic mass is 10.2. The number of nitrogens with zero attached hydrogens (tertiary/aromatic N) is 1. The zero-order valence-electron chi connectivity index (χ0n) is 12.1. The highest BCUT2D eigenvalue weighted by Gasteiger charge is 2.20. The van der Waals surface area contributed by atoms with E-state index in [2.05, 4.69) is 15.6 Å². The Labute approximate surface area is 124 Å². The van der Waals surface area contributed by atoms with Crippen molar-refractivity contribution in [2.45, 2.75) is 19.8 Å². The van der Waals surface area contributed by atoms with Gasteiger partial charge in [-0.3, -0.25) is 4.79 Å². The van der Waals surface area contributed by atoms with Gasteiger partial charge < -0.3 is 10.6 Å². The van der Waals surface area contributed by atoms with Crippen molar-refractivity contribution in [3.8, 4) is 0 Å². The van der Waals surface area contributed by atoms with E-state index >= 15 is 0 Å². The van der Waals surface area contributed by atoms with Crippen LogP contribution < -0.4 is 10.6 Å². The monoisotopic (exact) mass is 281 g/mol. The summed E-state index contributed by atoms with van der Waals surface area (Å²) in [5.41, 5.74) is 2.52. The average Bonchev–Trinajstić information content (AvgIpc) is 3.32. The van der Waals surface area contributed by atoms with Crippen LogP contribution in [0.2, 0.25) is 0 Å². The molecule has 1 aromatic heterocycles. The zero-order chi connectivity index (χ0) is 14.7. The third kappa shape index (κ3) is 3.81. The van der Waals surface area contributed by atoms with Crippen LogP contribution >= 0.6 is 0 Å². The number of amides is 1. The maximum atomic E-state index is 12.1. The topological polar surface area (TPSA) is 54.0 Å². The summed E-state index contributed by atoms with van der Waals surface area (Å²) in [6.45, 7) is 2.99. The van der Waals surface area contributed by atoms with Gasteiger partial charge in [0.2, 0.25) is 0 Å². The quantitative estimate of drug-likeness (QED) is 0.882. The van der Waals surface area contributed by atoms with Crippen LogP contribution in [-0.4, -0.2) is 17.4 Å². The molecule has 1 fully saturated rings. The number of hydrogen-bond donors (Lipinski definition) is 2. The molecule has 1 heterocycles. The minimum absolute atomic E-state index is 0.139. The van der Waals surface area contributed by atoms with Gasteiger partial charge in [-0.15, -0.1) is 0 Å². The lowest BCUT2D eigenvalue weighted by Crippen LogP contribution is -2.12. The first kappa shape index (κ1) is 13.6. The van der Waals surface area contributed by atoms with Crippen LogP contribution in [0.15, 0.2) is 42.6 Å². The molecule has 0 spiro atoms. The number of aromatic nitrogens is 1. The number of pyridine rings is 1. The molecule has 0 saturated heterocycles. The fourth-order valence-electron chi connectivity index (χ4n) is 2.04. The Morgan fingerprint density at radius 3 is 2.57 bits per heavy atom. The second-order valence-corrected chi connectivity index (χ2v) is 5.58. The first-order valence-corrected chi connectivity index (χ1v) is 7.28. The second kappa shape index (κ2) is 5.95. The molecule has 4 heteroatoms. The molecule has 0 bridgehead atoms. The Balaban J connectivity index is 1.59. The molecule has 1 aliphatic rings. The molecule has 2 N–H and O–H groups in total. The predicted octanol–water partition coefficient (Wildman–Crippen LogP) is 3.46. The lowest BCUT2D eigenvalue weighted by Gasteiger charge is -2.07. The minimum Gasteiger partial charge on any atom is -0.370 e. The number of benzene rings is 1. The molecule has 0 aliphatic heterocycles. The Morgan fingerprint density at radius 1 is 1.19 bits per heavy atom. The first-order chi connectivity index (χ1) is 10.2. The Kier molecular flexibility index (Phi) is 3.86. The molecule has 0 unspecified atom stereocenters. The highest BCUT2D eigenvalue weighted by molar-refractivity contribution is 6.04. The molecule has 1 saturated carbocycles. The summed E-state index contributed by atoms with van der Waals surface area (Å²) in [5, 5.41) is 6.15. The molecule has 1 aromatic carbocycles. The van der Waals surface area contributed by atoms with E-state index in [4.69, 9.17) is 0 Å². The van der Waals surface area contributed by atoms with E-state index < -0.39 is 0 Å². The Bertz CT molecular complexity index is 615. The van der Waals surface area contributed by atoms with Crippen molar-refractivity contribution in [1.29, 1.82) is 0 Å². The third-order valence-corrected chi connectivity index (χ3v) is 3.60. The summed E-state index contributed by atoms with van der Waals surface area (Å²) in [7, 11) is 0. The summed E-state index contributed by atoms with van der Waals surface area (Å²) in [6.07, 6.45) is 4.23. The molecule has 1 aliphatic carbocycles. The van der Waals surface area contributed by atoms with E-state index in [1.165, 1.54) is 18.4 Å². The third-order valence-electron chi connectivity index (χ3n) is 3.60. The largest absolute Gasteiger partial charge is 0.370 e. The highest BCUT2D eigenvalue weighted by Crippen LogP contribution is 2.28. The van der Waals surface area contributed by atoms with Crippen LogP contribution in [0.3, 0.4) is 0 Å². The van der Waals surface area contributed by atoms with Crippen LogP contribution in [-0.2, 0) is 0 Å². The van der Waals surface area contributed by atoms with E-state index in [9.17, 15) is 4.79 Å². The number of carbonyl (C=O) groups excluding carboxylic acids is 1. The molecule has 4 nitrogen and oxygen atoms in total. The molecular weight excluding hydrogens is 262 g/mol. The molecule has 0 atom stereocenters. The molecule has 21 heavy (non-hydrogen) atoms. The van der Waals surface area contributed by atoms with Crippen molar-refractivity contribution < 1.29 is 4.79 Å². The van der Waals surface area contributed by atoms with E-state index in [0.29, 0.717) is 5.56 Å². The van der Waals surface area contributed by atoms with Crippen molar-refractivity contribution in [3.05, 3.63) is 53.7 Å².